The van der Waals surface area contributed by atoms with Gasteiger partial charge in [-0.3, -0.25) is 4.90 Å². The molecule has 1 saturated heterocycles. The van der Waals surface area contributed by atoms with Gasteiger partial charge in [0.25, 0.3) is 0 Å². The fraction of sp³-hybridized carbons (Fsp3) is 0.571. The number of likely N-dealkylation sites (tertiary alicyclic amines) is 1. The quantitative estimate of drug-likeness (QED) is 0.717. The lowest BCUT2D eigenvalue weighted by atomic mass is 9.80. The van der Waals surface area contributed by atoms with Crippen molar-refractivity contribution in [1.82, 2.24) is 4.90 Å². The molecule has 0 aromatic heterocycles. The number of nitrogens with zero attached hydrogens (tertiary/aromatic N) is 1. The summed E-state index contributed by atoms with van der Waals surface area (Å²) in [6.45, 7) is 1.24. The van der Waals surface area contributed by atoms with E-state index < -0.39 is 0 Å². The smallest absolute Gasteiger partial charge is 0.122 e. The number of hydrogen-bond acceptors (Lipinski definition) is 2. The third-order valence-electron chi connectivity index (χ3n) is 4.25. The Morgan fingerprint density at radius 3 is 3.00 bits per heavy atom. The minimum absolute atomic E-state index is 0.638. The van der Waals surface area contributed by atoms with E-state index in [1.807, 2.05) is 0 Å². The largest absolute Gasteiger partial charge is 0.496 e. The lowest BCUT2D eigenvalue weighted by Crippen LogP contribution is -2.26. The molecule has 0 amide bonds. The second-order valence-electron chi connectivity index (χ2n) is 5.04. The first-order valence-corrected chi connectivity index (χ1v) is 6.17. The van der Waals surface area contributed by atoms with Crippen molar-refractivity contribution in [2.45, 2.75) is 25.3 Å². The molecule has 2 nitrogen and oxygen atoms in total. The predicted octanol–water partition coefficient (Wildman–Crippen LogP) is 2.63. The molecule has 1 fully saturated rings. The van der Waals surface area contributed by atoms with Crippen molar-refractivity contribution in [3.8, 4) is 5.75 Å². The minimum Gasteiger partial charge on any atom is -0.496 e. The maximum Gasteiger partial charge on any atom is 0.122 e. The predicted molar refractivity (Wildman–Crippen MR) is 64.8 cm³/mol. The van der Waals surface area contributed by atoms with Crippen LogP contribution in [0, 0.1) is 5.92 Å². The van der Waals surface area contributed by atoms with Crippen molar-refractivity contribution in [2.24, 2.45) is 5.92 Å². The van der Waals surface area contributed by atoms with Gasteiger partial charge in [-0.15, -0.1) is 0 Å². The van der Waals surface area contributed by atoms with Crippen molar-refractivity contribution < 1.29 is 4.74 Å². The molecule has 1 aliphatic carbocycles. The molecule has 1 aliphatic heterocycles. The molecular weight excluding hydrogens is 198 g/mol. The zero-order valence-corrected chi connectivity index (χ0v) is 10.1. The highest BCUT2D eigenvalue weighted by Gasteiger charge is 2.37. The van der Waals surface area contributed by atoms with Crippen LogP contribution >= 0.6 is 0 Å². The van der Waals surface area contributed by atoms with Crippen LogP contribution in [0.15, 0.2) is 18.2 Å². The topological polar surface area (TPSA) is 12.5 Å². The number of ether oxygens (including phenoxy) is 1. The van der Waals surface area contributed by atoms with Crippen LogP contribution in [-0.4, -0.2) is 25.6 Å². The van der Waals surface area contributed by atoms with Gasteiger partial charge in [-0.25, -0.2) is 0 Å². The van der Waals surface area contributed by atoms with Crippen LogP contribution in [0.5, 0.6) is 5.75 Å². The standard InChI is InChI=1S/C14H19NO/c1-15-9-8-10-6-7-11-12(14(10)15)4-3-5-13(11)16-2/h3-5,10,14H,6-9H2,1-2H3/t10-,14+/m1/s1. The Morgan fingerprint density at radius 1 is 1.31 bits per heavy atom. The highest BCUT2D eigenvalue weighted by molar-refractivity contribution is 5.44. The average Bonchev–Trinajstić information content (AvgIpc) is 2.70. The number of methoxy groups -OCH3 is 1. The van der Waals surface area contributed by atoms with E-state index in [2.05, 4.69) is 30.1 Å². The van der Waals surface area contributed by atoms with E-state index in [0.29, 0.717) is 6.04 Å². The normalized spacial score (nSPS) is 28.6. The summed E-state index contributed by atoms with van der Waals surface area (Å²) in [6, 6.07) is 7.15. The SMILES string of the molecule is COc1cccc2c1CC[C@@H]1CCN(C)[C@H]21. The van der Waals surface area contributed by atoms with E-state index in [1.54, 1.807) is 7.11 Å². The first-order chi connectivity index (χ1) is 7.81. The second-order valence-corrected chi connectivity index (χ2v) is 5.04. The third-order valence-corrected chi connectivity index (χ3v) is 4.25. The number of fused-ring (bicyclic) bond motifs is 3. The second kappa shape index (κ2) is 3.77. The fourth-order valence-corrected chi connectivity index (χ4v) is 3.47. The molecular formula is C14H19NO. The van der Waals surface area contributed by atoms with Crippen LogP contribution in [0.1, 0.15) is 30.0 Å². The lowest BCUT2D eigenvalue weighted by molar-refractivity contribution is 0.254. The van der Waals surface area contributed by atoms with Gasteiger partial charge in [0.15, 0.2) is 0 Å². The number of benzene rings is 1. The van der Waals surface area contributed by atoms with Crippen molar-refractivity contribution in [3.05, 3.63) is 29.3 Å². The van der Waals surface area contributed by atoms with Crippen molar-refractivity contribution in [3.63, 3.8) is 0 Å². The van der Waals surface area contributed by atoms with Gasteiger partial charge >= 0.3 is 0 Å². The van der Waals surface area contributed by atoms with Gasteiger partial charge in [-0.05, 0) is 56.0 Å². The first-order valence-electron chi connectivity index (χ1n) is 6.17. The van der Waals surface area contributed by atoms with Gasteiger partial charge < -0.3 is 4.74 Å². The van der Waals surface area contributed by atoms with Crippen molar-refractivity contribution in [2.75, 3.05) is 20.7 Å². The Balaban J connectivity index is 2.08. The van der Waals surface area contributed by atoms with Gasteiger partial charge in [-0.1, -0.05) is 12.1 Å². The van der Waals surface area contributed by atoms with E-state index in [4.69, 9.17) is 4.74 Å². The van der Waals surface area contributed by atoms with Gasteiger partial charge in [0, 0.05) is 6.04 Å². The van der Waals surface area contributed by atoms with Gasteiger partial charge in [0.1, 0.15) is 5.75 Å². The van der Waals surface area contributed by atoms with E-state index >= 15 is 0 Å². The summed E-state index contributed by atoms with van der Waals surface area (Å²) in [7, 11) is 4.03. The molecule has 0 spiro atoms. The Kier molecular flexibility index (Phi) is 2.40. The Morgan fingerprint density at radius 2 is 2.19 bits per heavy atom. The van der Waals surface area contributed by atoms with Crippen molar-refractivity contribution in [1.29, 1.82) is 0 Å². The van der Waals surface area contributed by atoms with Crippen LogP contribution in [0.3, 0.4) is 0 Å². The summed E-state index contributed by atoms with van der Waals surface area (Å²) in [5.74, 6) is 1.95. The number of rotatable bonds is 1. The maximum absolute atomic E-state index is 5.48. The van der Waals surface area contributed by atoms with Crippen LogP contribution < -0.4 is 4.74 Å². The molecule has 2 heteroatoms. The van der Waals surface area contributed by atoms with Crippen LogP contribution in [0.4, 0.5) is 0 Å². The van der Waals surface area contributed by atoms with Crippen LogP contribution in [0.25, 0.3) is 0 Å². The molecule has 3 rings (SSSR count). The molecule has 0 N–H and O–H groups in total. The summed E-state index contributed by atoms with van der Waals surface area (Å²) in [5.41, 5.74) is 2.95. The molecule has 2 atom stereocenters. The highest BCUT2D eigenvalue weighted by atomic mass is 16.5. The average molecular weight is 217 g/mol. The molecule has 1 aromatic rings. The van der Waals surface area contributed by atoms with Gasteiger partial charge in [0.2, 0.25) is 0 Å². The Hall–Kier alpha value is -1.02. The zero-order chi connectivity index (χ0) is 11.1. The summed E-state index contributed by atoms with van der Waals surface area (Å²) in [6.07, 6.45) is 3.87. The lowest BCUT2D eigenvalue weighted by Gasteiger charge is -2.32. The summed E-state index contributed by atoms with van der Waals surface area (Å²) in [5, 5.41) is 0. The molecule has 0 unspecified atom stereocenters. The highest BCUT2D eigenvalue weighted by Crippen LogP contribution is 2.46. The van der Waals surface area contributed by atoms with Gasteiger partial charge in [0.05, 0.1) is 7.11 Å². The molecule has 86 valence electrons. The Labute approximate surface area is 97.2 Å². The molecule has 1 heterocycles. The van der Waals surface area contributed by atoms with E-state index in [0.717, 1.165) is 11.7 Å². The summed E-state index contributed by atoms with van der Waals surface area (Å²) in [4.78, 5) is 2.50. The molecule has 0 saturated carbocycles. The Bertz CT molecular complexity index is 402. The van der Waals surface area contributed by atoms with Crippen LogP contribution in [0.2, 0.25) is 0 Å². The maximum atomic E-state index is 5.48. The summed E-state index contributed by atoms with van der Waals surface area (Å²) >= 11 is 0. The molecule has 0 radical (unpaired) electrons. The molecule has 2 aliphatic rings. The van der Waals surface area contributed by atoms with Gasteiger partial charge in [-0.2, -0.15) is 0 Å². The first kappa shape index (κ1) is 10.2. The molecule has 0 bridgehead atoms. The van der Waals surface area contributed by atoms with Crippen LogP contribution in [-0.2, 0) is 6.42 Å². The van der Waals surface area contributed by atoms with Crippen molar-refractivity contribution >= 4 is 0 Å². The zero-order valence-electron chi connectivity index (χ0n) is 10.1. The van der Waals surface area contributed by atoms with E-state index in [-0.39, 0.29) is 0 Å². The van der Waals surface area contributed by atoms with E-state index in [9.17, 15) is 0 Å². The number of hydrogen-bond donors (Lipinski definition) is 0. The fourth-order valence-electron chi connectivity index (χ4n) is 3.47. The molecule has 1 aromatic carbocycles. The summed E-state index contributed by atoms with van der Waals surface area (Å²) < 4.78 is 5.48. The third kappa shape index (κ3) is 1.36. The minimum atomic E-state index is 0.638. The van der Waals surface area contributed by atoms with E-state index in [1.165, 1.54) is 36.9 Å². The molecule has 16 heavy (non-hydrogen) atoms. The monoisotopic (exact) mass is 217 g/mol.